The molecule has 10 rings (SSSR count). The number of aryl methyl sites for hydroxylation is 2. The van der Waals surface area contributed by atoms with Crippen molar-refractivity contribution < 1.29 is 24.3 Å². The number of carbonyl (C=O) groups is 4. The van der Waals surface area contributed by atoms with Gasteiger partial charge < -0.3 is 5.11 Å². The van der Waals surface area contributed by atoms with Gasteiger partial charge in [-0.3, -0.25) is 28.8 Å². The van der Waals surface area contributed by atoms with E-state index in [9.17, 15) is 14.7 Å². The number of hydrogen-bond donors (Lipinski definition) is 1. The molecule has 4 aromatic carbocycles. The first-order chi connectivity index (χ1) is 27.4. The number of aromatic nitrogens is 2. The third-order valence-electron chi connectivity index (χ3n) is 13.1. The van der Waals surface area contributed by atoms with Crippen molar-refractivity contribution in [3.63, 3.8) is 0 Å². The fourth-order valence-corrected chi connectivity index (χ4v) is 11.7. The molecule has 4 heterocycles. The van der Waals surface area contributed by atoms with Crippen LogP contribution in [0.3, 0.4) is 0 Å². The van der Waals surface area contributed by atoms with Gasteiger partial charge in [-0.1, -0.05) is 78.4 Å². The number of hydrogen-bond acceptors (Lipinski definition) is 7. The molecule has 2 aromatic heterocycles. The van der Waals surface area contributed by atoms with Gasteiger partial charge in [-0.15, -0.1) is 11.3 Å². The van der Waals surface area contributed by atoms with Crippen LogP contribution in [-0.4, -0.2) is 38.5 Å². The summed E-state index contributed by atoms with van der Waals surface area (Å²) in [7, 11) is 1.74. The fourth-order valence-electron chi connectivity index (χ4n) is 10.4. The van der Waals surface area contributed by atoms with Gasteiger partial charge in [-0.05, 0) is 96.5 Å². The van der Waals surface area contributed by atoms with Crippen molar-refractivity contribution in [1.82, 2.24) is 9.78 Å². The van der Waals surface area contributed by atoms with E-state index in [1.807, 2.05) is 80.6 Å². The van der Waals surface area contributed by atoms with Gasteiger partial charge in [0.05, 0.1) is 33.7 Å². The molecule has 4 aliphatic rings. The van der Waals surface area contributed by atoms with E-state index in [4.69, 9.17) is 16.7 Å². The van der Waals surface area contributed by atoms with Crippen LogP contribution < -0.4 is 9.80 Å². The van der Waals surface area contributed by atoms with Crippen molar-refractivity contribution in [2.24, 2.45) is 36.1 Å². The summed E-state index contributed by atoms with van der Waals surface area (Å²) >= 11 is 7.92. The van der Waals surface area contributed by atoms with Crippen molar-refractivity contribution in [3.8, 4) is 16.3 Å². The molecule has 9 nitrogen and oxygen atoms in total. The minimum absolute atomic E-state index is 0.104. The molecular formula is C46H37ClN4O5S. The summed E-state index contributed by atoms with van der Waals surface area (Å²) in [6, 6.07) is 25.7. The SMILES string of the molecule is C=Cc1ccc(N2C(=O)C3CC=C4C(CC5C(=O)N(c6cc(-c7sc8ccc(Cl)cc8c7C)nn6C)C(=O)C5(C)C4c4ccc(O)c5ccccc45)C3C2=O)cc1. The standard InChI is InChI=1S/C46H37ClN4O5S/c1-5-24-10-13-26(14-11-24)50-42(53)31-16-15-30-33(39(31)44(50)55)21-34-43(54)51(38-22-35(48-49(38)4)41-23(2)32-20-25(47)12-19-37(32)57-41)45(56)46(34,3)40(30)29-17-18-36(52)28-9-7-6-8-27(28)29/h5-15,17-20,22,31,33-34,39-40,52H,1,16,21H2,2-4H3. The maximum Gasteiger partial charge on any atom is 0.242 e. The van der Waals surface area contributed by atoms with Gasteiger partial charge in [0, 0.05) is 34.1 Å². The minimum Gasteiger partial charge on any atom is -0.507 e. The third-order valence-corrected chi connectivity index (χ3v) is 14.7. The monoisotopic (exact) mass is 792 g/mol. The molecule has 0 bridgehead atoms. The number of allylic oxidation sites excluding steroid dienone is 2. The molecule has 6 unspecified atom stereocenters. The Morgan fingerprint density at radius 3 is 2.40 bits per heavy atom. The van der Waals surface area contributed by atoms with E-state index < -0.39 is 35.0 Å². The summed E-state index contributed by atoms with van der Waals surface area (Å²) in [6.07, 6.45) is 4.30. The Morgan fingerprint density at radius 1 is 0.895 bits per heavy atom. The highest BCUT2D eigenvalue weighted by Gasteiger charge is 2.68. The summed E-state index contributed by atoms with van der Waals surface area (Å²) < 4.78 is 2.64. The molecular weight excluding hydrogens is 756 g/mol. The Bertz CT molecular complexity index is 2820. The molecule has 1 N–H and O–H groups in total. The van der Waals surface area contributed by atoms with Gasteiger partial charge in [-0.2, -0.15) is 5.10 Å². The van der Waals surface area contributed by atoms with E-state index in [0.29, 0.717) is 34.0 Å². The Kier molecular flexibility index (Phi) is 7.85. The number of halogens is 1. The number of phenols is 1. The van der Waals surface area contributed by atoms with E-state index in [2.05, 4.69) is 6.58 Å². The topological polar surface area (TPSA) is 113 Å². The quantitative estimate of drug-likeness (QED) is 0.138. The largest absolute Gasteiger partial charge is 0.507 e. The number of fused-ring (bicyclic) bond motifs is 6. The van der Waals surface area contributed by atoms with E-state index in [1.54, 1.807) is 53.4 Å². The third kappa shape index (κ3) is 4.90. The number of carbonyl (C=O) groups excluding carboxylic acids is 4. The highest BCUT2D eigenvalue weighted by atomic mass is 35.5. The second-order valence-electron chi connectivity index (χ2n) is 15.9. The van der Waals surface area contributed by atoms with E-state index >= 15 is 9.59 Å². The lowest BCUT2D eigenvalue weighted by molar-refractivity contribution is -0.131. The van der Waals surface area contributed by atoms with Crippen LogP contribution >= 0.6 is 22.9 Å². The van der Waals surface area contributed by atoms with Crippen LogP contribution in [0, 0.1) is 36.0 Å². The number of benzene rings is 4. The van der Waals surface area contributed by atoms with Gasteiger partial charge in [0.15, 0.2) is 0 Å². The molecule has 1 saturated carbocycles. The Balaban J connectivity index is 1.11. The highest BCUT2D eigenvalue weighted by molar-refractivity contribution is 7.22. The van der Waals surface area contributed by atoms with Crippen molar-refractivity contribution in [2.75, 3.05) is 9.80 Å². The molecule has 284 valence electrons. The van der Waals surface area contributed by atoms with Crippen LogP contribution in [0.5, 0.6) is 5.75 Å². The van der Waals surface area contributed by atoms with Crippen LogP contribution in [0.25, 0.3) is 37.5 Å². The molecule has 2 aliphatic carbocycles. The number of amides is 4. The molecule has 0 spiro atoms. The van der Waals surface area contributed by atoms with Crippen LogP contribution in [0.4, 0.5) is 11.5 Å². The summed E-state index contributed by atoms with van der Waals surface area (Å²) in [5, 5.41) is 18.8. The van der Waals surface area contributed by atoms with E-state index in [-0.39, 0.29) is 35.8 Å². The summed E-state index contributed by atoms with van der Waals surface area (Å²) in [4.78, 5) is 62.7. The van der Waals surface area contributed by atoms with Crippen LogP contribution in [0.2, 0.25) is 5.02 Å². The van der Waals surface area contributed by atoms with Gasteiger partial charge in [0.1, 0.15) is 17.3 Å². The molecule has 57 heavy (non-hydrogen) atoms. The zero-order chi connectivity index (χ0) is 39.7. The van der Waals surface area contributed by atoms with E-state index in [1.165, 1.54) is 9.80 Å². The Hall–Kier alpha value is -5.84. The second-order valence-corrected chi connectivity index (χ2v) is 17.4. The predicted molar refractivity (Wildman–Crippen MR) is 223 cm³/mol. The number of imide groups is 2. The van der Waals surface area contributed by atoms with Crippen molar-refractivity contribution >= 4 is 85.0 Å². The van der Waals surface area contributed by atoms with Crippen LogP contribution in [0.1, 0.15) is 42.4 Å². The maximum atomic E-state index is 15.3. The smallest absolute Gasteiger partial charge is 0.242 e. The zero-order valence-corrected chi connectivity index (χ0v) is 33.0. The average Bonchev–Trinajstić information content (AvgIpc) is 3.88. The number of aromatic hydroxyl groups is 1. The maximum absolute atomic E-state index is 15.3. The predicted octanol–water partition coefficient (Wildman–Crippen LogP) is 9.20. The molecule has 6 atom stereocenters. The summed E-state index contributed by atoms with van der Waals surface area (Å²) in [6.45, 7) is 7.71. The van der Waals surface area contributed by atoms with Crippen LogP contribution in [0.15, 0.2) is 103 Å². The molecule has 2 saturated heterocycles. The van der Waals surface area contributed by atoms with Crippen molar-refractivity contribution in [2.45, 2.75) is 32.6 Å². The number of rotatable bonds is 5. The average molecular weight is 793 g/mol. The number of nitrogens with zero attached hydrogens (tertiary/aromatic N) is 4. The zero-order valence-electron chi connectivity index (χ0n) is 31.4. The molecule has 4 amide bonds. The first-order valence-corrected chi connectivity index (χ1v) is 20.2. The first-order valence-electron chi connectivity index (χ1n) is 19.0. The minimum atomic E-state index is -1.27. The Morgan fingerprint density at radius 2 is 1.65 bits per heavy atom. The molecule has 11 heteroatoms. The molecule has 2 aliphatic heterocycles. The number of thiophene rings is 1. The van der Waals surface area contributed by atoms with Crippen molar-refractivity contribution in [3.05, 3.63) is 125 Å². The number of phenolic OH excluding ortho intramolecular Hbond substituents is 1. The number of anilines is 2. The van der Waals surface area contributed by atoms with Crippen molar-refractivity contribution in [1.29, 1.82) is 0 Å². The van der Waals surface area contributed by atoms with Gasteiger partial charge in [0.25, 0.3) is 0 Å². The van der Waals surface area contributed by atoms with Gasteiger partial charge in [0.2, 0.25) is 23.6 Å². The summed E-state index contributed by atoms with van der Waals surface area (Å²) in [5.74, 6) is -4.07. The van der Waals surface area contributed by atoms with Gasteiger partial charge in [-0.25, -0.2) is 4.90 Å². The molecule has 3 fully saturated rings. The normalized spacial score (nSPS) is 25.6. The Labute approximate surface area is 337 Å². The van der Waals surface area contributed by atoms with Crippen LogP contribution in [-0.2, 0) is 26.2 Å². The highest BCUT2D eigenvalue weighted by Crippen LogP contribution is 2.64. The molecule has 0 radical (unpaired) electrons. The van der Waals surface area contributed by atoms with Gasteiger partial charge >= 0.3 is 0 Å². The summed E-state index contributed by atoms with van der Waals surface area (Å²) in [5.41, 5.74) is 3.40. The lowest BCUT2D eigenvalue weighted by atomic mass is 9.51. The second kappa shape index (κ2) is 12.6. The first kappa shape index (κ1) is 35.6. The fraction of sp³-hybridized carbons (Fsp3) is 0.239. The lowest BCUT2D eigenvalue weighted by Gasteiger charge is -2.49. The lowest BCUT2D eigenvalue weighted by Crippen LogP contribution is -2.49. The van der Waals surface area contributed by atoms with E-state index in [0.717, 1.165) is 42.6 Å². The molecule has 6 aromatic rings.